The minimum Gasteiger partial charge on any atom is -0.340 e. The van der Waals surface area contributed by atoms with Gasteiger partial charge in [-0.3, -0.25) is 0 Å². The Kier molecular flexibility index (Phi) is 5.32. The minimum absolute atomic E-state index is 0.162. The van der Waals surface area contributed by atoms with Crippen molar-refractivity contribution in [3.63, 3.8) is 0 Å². The quantitative estimate of drug-likeness (QED) is 0.359. The minimum atomic E-state index is -3.93. The van der Waals surface area contributed by atoms with E-state index in [1.165, 1.54) is 10.1 Å². The van der Waals surface area contributed by atoms with Crippen LogP contribution < -0.4 is 5.32 Å². The van der Waals surface area contributed by atoms with Gasteiger partial charge in [-0.05, 0) is 66.8 Å². The Labute approximate surface area is 198 Å². The van der Waals surface area contributed by atoms with Gasteiger partial charge in [0.1, 0.15) is 5.82 Å². The van der Waals surface area contributed by atoms with Crippen LogP contribution in [-0.2, 0) is 9.84 Å². The number of fused-ring (bicyclic) bond motifs is 3. The van der Waals surface area contributed by atoms with E-state index in [2.05, 4.69) is 41.6 Å². The summed E-state index contributed by atoms with van der Waals surface area (Å²) in [5.41, 5.74) is 4.49. The number of anilines is 2. The lowest BCUT2D eigenvalue weighted by molar-refractivity contribution is 0.592. The summed E-state index contributed by atoms with van der Waals surface area (Å²) in [6, 6.07) is 21.1. The van der Waals surface area contributed by atoms with Crippen LogP contribution in [0.15, 0.2) is 76.7 Å². The lowest BCUT2D eigenvalue weighted by Crippen LogP contribution is -2.07. The summed E-state index contributed by atoms with van der Waals surface area (Å²) in [4.78, 5) is 4.92. The molecule has 5 aromatic rings. The van der Waals surface area contributed by atoms with E-state index in [-0.39, 0.29) is 15.6 Å². The zero-order valence-corrected chi connectivity index (χ0v) is 20.3. The maximum Gasteiger partial charge on any atom is 0.229 e. The van der Waals surface area contributed by atoms with Gasteiger partial charge in [-0.15, -0.1) is 5.10 Å². The largest absolute Gasteiger partial charge is 0.340 e. The average molecular weight is 472 g/mol. The van der Waals surface area contributed by atoms with Crippen LogP contribution in [0.4, 0.5) is 11.5 Å². The number of nitrogens with one attached hydrogen (secondary N) is 1. The second kappa shape index (κ2) is 8.22. The molecule has 7 nitrogen and oxygen atoms in total. The molecular formula is C26H25N5O2S. The molecule has 2 heterocycles. The van der Waals surface area contributed by atoms with E-state index >= 15 is 0 Å². The Morgan fingerprint density at radius 1 is 0.941 bits per heavy atom. The summed E-state index contributed by atoms with van der Waals surface area (Å²) in [5.74, 6) is 0.972. The first-order valence-electron chi connectivity index (χ1n) is 11.1. The molecule has 0 amide bonds. The fourth-order valence-corrected chi connectivity index (χ4v) is 5.56. The van der Waals surface area contributed by atoms with Gasteiger partial charge in [-0.2, -0.15) is 4.52 Å². The van der Waals surface area contributed by atoms with E-state index < -0.39 is 9.84 Å². The second-order valence-electron chi connectivity index (χ2n) is 8.78. The smallest absolute Gasteiger partial charge is 0.229 e. The average Bonchev–Trinajstić information content (AvgIpc) is 3.26. The summed E-state index contributed by atoms with van der Waals surface area (Å²) in [6.07, 6.45) is 0. The Bertz CT molecular complexity index is 1640. The highest BCUT2D eigenvalue weighted by atomic mass is 32.2. The number of sulfone groups is 1. The van der Waals surface area contributed by atoms with Gasteiger partial charge in [-0.25, -0.2) is 13.4 Å². The van der Waals surface area contributed by atoms with Crippen LogP contribution in [-0.4, -0.2) is 28.2 Å². The van der Waals surface area contributed by atoms with E-state index in [1.54, 1.807) is 19.1 Å². The fraction of sp³-hybridized carbons (Fsp3) is 0.192. The molecule has 5 rings (SSSR count). The van der Waals surface area contributed by atoms with Gasteiger partial charge in [-0.1, -0.05) is 55.5 Å². The highest BCUT2D eigenvalue weighted by Crippen LogP contribution is 2.31. The van der Waals surface area contributed by atoms with Gasteiger partial charge in [0, 0.05) is 11.1 Å². The Balaban J connectivity index is 1.70. The Morgan fingerprint density at radius 3 is 2.41 bits per heavy atom. The first kappa shape index (κ1) is 22.0. The third kappa shape index (κ3) is 3.70. The molecule has 1 N–H and O–H groups in total. The van der Waals surface area contributed by atoms with Crippen LogP contribution in [0, 0.1) is 13.8 Å². The summed E-state index contributed by atoms with van der Waals surface area (Å²) in [6.45, 7) is 7.93. The van der Waals surface area contributed by atoms with Crippen LogP contribution in [0.3, 0.4) is 0 Å². The summed E-state index contributed by atoms with van der Waals surface area (Å²) < 4.78 is 28.7. The van der Waals surface area contributed by atoms with E-state index in [4.69, 9.17) is 4.98 Å². The molecule has 0 bridgehead atoms. The summed E-state index contributed by atoms with van der Waals surface area (Å²) in [5, 5.41) is 12.3. The zero-order chi connectivity index (χ0) is 24.0. The van der Waals surface area contributed by atoms with Gasteiger partial charge in [0.25, 0.3) is 0 Å². The molecule has 34 heavy (non-hydrogen) atoms. The molecule has 0 aliphatic rings. The number of hydrogen-bond acceptors (Lipinski definition) is 6. The van der Waals surface area contributed by atoms with Crippen molar-refractivity contribution in [3.8, 4) is 0 Å². The maximum atomic E-state index is 13.6. The molecule has 0 spiro atoms. The molecule has 0 atom stereocenters. The van der Waals surface area contributed by atoms with Crippen molar-refractivity contribution in [2.45, 2.75) is 43.5 Å². The van der Waals surface area contributed by atoms with Crippen molar-refractivity contribution in [2.24, 2.45) is 0 Å². The topological polar surface area (TPSA) is 89.2 Å². The van der Waals surface area contributed by atoms with Crippen LogP contribution in [0.5, 0.6) is 0 Å². The molecule has 0 aliphatic carbocycles. The molecule has 0 saturated heterocycles. The van der Waals surface area contributed by atoms with Crippen molar-refractivity contribution in [3.05, 3.63) is 83.4 Å². The van der Waals surface area contributed by atoms with E-state index in [0.29, 0.717) is 22.8 Å². The molecule has 2 aromatic heterocycles. The van der Waals surface area contributed by atoms with Gasteiger partial charge in [0.15, 0.2) is 5.65 Å². The number of aromatic nitrogens is 4. The normalized spacial score (nSPS) is 12.0. The van der Waals surface area contributed by atoms with E-state index in [9.17, 15) is 8.42 Å². The van der Waals surface area contributed by atoms with Crippen LogP contribution in [0.1, 0.15) is 36.5 Å². The second-order valence-corrected chi connectivity index (χ2v) is 10.6. The standard InChI is InChI=1S/C26H25N5O2S/c1-16(2)19-11-13-20(14-12-19)27-24-21-7-5-6-8-22(21)31-25(28-24)26(29-30-31)34(32,33)23-15-17(3)9-10-18(23)4/h5-16H,1-4H3,(H,27,28). The fourth-order valence-electron chi connectivity index (χ4n) is 4.00. The van der Waals surface area contributed by atoms with Crippen molar-refractivity contribution in [1.29, 1.82) is 0 Å². The lowest BCUT2D eigenvalue weighted by Gasteiger charge is -2.12. The predicted molar refractivity (Wildman–Crippen MR) is 133 cm³/mol. The molecule has 3 aromatic carbocycles. The predicted octanol–water partition coefficient (Wildman–Crippen LogP) is 5.59. The molecular weight excluding hydrogens is 446 g/mol. The summed E-state index contributed by atoms with van der Waals surface area (Å²) in [7, 11) is -3.93. The van der Waals surface area contributed by atoms with Crippen LogP contribution >= 0.6 is 0 Å². The van der Waals surface area contributed by atoms with Crippen molar-refractivity contribution < 1.29 is 8.42 Å². The van der Waals surface area contributed by atoms with Crippen molar-refractivity contribution >= 4 is 37.9 Å². The third-order valence-electron chi connectivity index (χ3n) is 5.95. The first-order chi connectivity index (χ1) is 16.3. The number of hydrogen-bond donors (Lipinski definition) is 1. The monoisotopic (exact) mass is 471 g/mol. The number of rotatable bonds is 5. The maximum absolute atomic E-state index is 13.6. The molecule has 0 fully saturated rings. The van der Waals surface area contributed by atoms with E-state index in [1.807, 2.05) is 49.4 Å². The number of aryl methyl sites for hydroxylation is 2. The van der Waals surface area contributed by atoms with Crippen molar-refractivity contribution in [1.82, 2.24) is 19.8 Å². The van der Waals surface area contributed by atoms with Gasteiger partial charge in [0.2, 0.25) is 14.9 Å². The third-order valence-corrected chi connectivity index (χ3v) is 7.74. The molecule has 8 heteroatoms. The number of para-hydroxylation sites is 1. The van der Waals surface area contributed by atoms with Gasteiger partial charge < -0.3 is 5.32 Å². The molecule has 172 valence electrons. The lowest BCUT2D eigenvalue weighted by atomic mass is 10.0. The van der Waals surface area contributed by atoms with E-state index in [0.717, 1.165) is 16.6 Å². The van der Waals surface area contributed by atoms with Gasteiger partial charge >= 0.3 is 0 Å². The zero-order valence-electron chi connectivity index (χ0n) is 19.4. The molecule has 0 radical (unpaired) electrons. The van der Waals surface area contributed by atoms with Crippen LogP contribution in [0.2, 0.25) is 0 Å². The van der Waals surface area contributed by atoms with Gasteiger partial charge in [0.05, 0.1) is 10.4 Å². The summed E-state index contributed by atoms with van der Waals surface area (Å²) >= 11 is 0. The van der Waals surface area contributed by atoms with Crippen molar-refractivity contribution in [2.75, 3.05) is 5.32 Å². The molecule has 0 unspecified atom stereocenters. The number of benzene rings is 3. The Hall–Kier alpha value is -3.78. The first-order valence-corrected chi connectivity index (χ1v) is 12.6. The highest BCUT2D eigenvalue weighted by molar-refractivity contribution is 7.91. The van der Waals surface area contributed by atoms with Crippen LogP contribution in [0.25, 0.3) is 16.6 Å². The molecule has 0 aliphatic heterocycles. The molecule has 0 saturated carbocycles. The highest BCUT2D eigenvalue weighted by Gasteiger charge is 2.28. The number of nitrogens with zero attached hydrogens (tertiary/aromatic N) is 4. The SMILES string of the molecule is Cc1ccc(C)c(S(=O)(=O)c2nnn3c2nc(Nc2ccc(C(C)C)cc2)c2ccccc23)c1. The Morgan fingerprint density at radius 2 is 1.68 bits per heavy atom.